The zero-order valence-electron chi connectivity index (χ0n) is 25.4. The minimum Gasteiger partial charge on any atom is -0.393 e. The highest BCUT2D eigenvalue weighted by Crippen LogP contribution is 2.78. The molecule has 0 radical (unpaired) electrons. The van der Waals surface area contributed by atoms with Crippen molar-refractivity contribution < 1.29 is 15.0 Å². The fourth-order valence-corrected chi connectivity index (χ4v) is 11.6. The van der Waals surface area contributed by atoms with Gasteiger partial charge in [0, 0.05) is 51.1 Å². The summed E-state index contributed by atoms with van der Waals surface area (Å²) in [6.45, 7) is 4.70. The van der Waals surface area contributed by atoms with Gasteiger partial charge in [0.2, 0.25) is 5.16 Å². The molecule has 8 atom stereocenters. The lowest BCUT2D eigenvalue weighted by atomic mass is 9.32. The van der Waals surface area contributed by atoms with Crippen LogP contribution in [0.4, 0.5) is 0 Å². The topological polar surface area (TPSA) is 112 Å². The van der Waals surface area contributed by atoms with Gasteiger partial charge in [-0.15, -0.1) is 5.10 Å². The Morgan fingerprint density at radius 3 is 2.50 bits per heavy atom. The van der Waals surface area contributed by atoms with E-state index in [1.807, 2.05) is 42.5 Å². The Hall–Kier alpha value is -3.07. The van der Waals surface area contributed by atoms with Crippen LogP contribution in [0.3, 0.4) is 0 Å². The molecule has 6 aliphatic rings. The highest BCUT2D eigenvalue weighted by atomic mass is 32.2. The Kier molecular flexibility index (Phi) is 6.27. The van der Waals surface area contributed by atoms with E-state index >= 15 is 0 Å². The molecule has 1 aromatic carbocycles. The maximum Gasteiger partial charge on any atom is 0.208 e. The van der Waals surface area contributed by atoms with Crippen molar-refractivity contribution in [2.45, 2.75) is 75.7 Å². The SMILES string of the molecule is CC12CCC(O)CC13C=CC1(C(C(=O)c4ccccc4)=C3)C2CCC2(C)C1CCC2(O)CSc1n[nH]c(-c2ccncc2)n1. The van der Waals surface area contributed by atoms with E-state index in [9.17, 15) is 15.0 Å². The van der Waals surface area contributed by atoms with Crippen LogP contribution >= 0.6 is 11.8 Å². The van der Waals surface area contributed by atoms with Gasteiger partial charge in [-0.2, -0.15) is 0 Å². The normalized spacial score (nSPS) is 40.2. The van der Waals surface area contributed by atoms with Gasteiger partial charge in [0.15, 0.2) is 11.6 Å². The van der Waals surface area contributed by atoms with E-state index in [1.54, 1.807) is 12.4 Å². The number of aliphatic hydroxyl groups is 2. The number of nitrogens with zero attached hydrogens (tertiary/aromatic N) is 3. The van der Waals surface area contributed by atoms with Gasteiger partial charge in [0.25, 0.3) is 0 Å². The molecule has 2 spiro atoms. The van der Waals surface area contributed by atoms with Crippen molar-refractivity contribution >= 4 is 17.5 Å². The van der Waals surface area contributed by atoms with Crippen LogP contribution in [-0.2, 0) is 0 Å². The Labute approximate surface area is 262 Å². The molecule has 7 nitrogen and oxygen atoms in total. The molecule has 3 saturated carbocycles. The first kappa shape index (κ1) is 28.4. The fraction of sp³-hybridized carbons (Fsp3) is 0.500. The number of nitrogens with one attached hydrogen (secondary N) is 1. The van der Waals surface area contributed by atoms with Crippen LogP contribution in [0.1, 0.15) is 69.2 Å². The summed E-state index contributed by atoms with van der Waals surface area (Å²) in [4.78, 5) is 23.3. The molecule has 0 amide bonds. The van der Waals surface area contributed by atoms with Crippen LogP contribution in [0.25, 0.3) is 11.4 Å². The smallest absolute Gasteiger partial charge is 0.208 e. The molecule has 6 aliphatic carbocycles. The summed E-state index contributed by atoms with van der Waals surface area (Å²) in [5.74, 6) is 1.69. The van der Waals surface area contributed by atoms with E-state index in [0.717, 1.165) is 43.2 Å². The first-order chi connectivity index (χ1) is 21.1. The first-order valence-corrected chi connectivity index (χ1v) is 17.0. The standard InChI is InChI=1S/C36H40N4O3S/c1-32-13-8-25(41)20-34(32)16-17-36(26(21-34)29(42)23-6-4-3-5-7-23)27(32)9-14-33(2)28(36)10-15-35(33,43)22-44-31-38-30(39-40-31)24-11-18-37-19-12-24/h3-7,11-12,16-19,21,25,27-28,41,43H,8-10,13-15,20,22H2,1-2H3,(H,38,39,40). The Morgan fingerprint density at radius 2 is 1.70 bits per heavy atom. The van der Waals surface area contributed by atoms with Crippen molar-refractivity contribution in [2.75, 3.05) is 5.75 Å². The number of ketones is 1. The van der Waals surface area contributed by atoms with Gasteiger partial charge in [0.05, 0.1) is 11.7 Å². The van der Waals surface area contributed by atoms with E-state index in [1.165, 1.54) is 11.8 Å². The molecule has 8 heteroatoms. The third kappa shape index (κ3) is 3.71. The summed E-state index contributed by atoms with van der Waals surface area (Å²) < 4.78 is 0. The molecule has 228 valence electrons. The number of thioether (sulfide) groups is 1. The largest absolute Gasteiger partial charge is 0.393 e. The van der Waals surface area contributed by atoms with Crippen molar-refractivity contribution in [2.24, 2.45) is 33.5 Å². The number of benzene rings is 1. The first-order valence-electron chi connectivity index (χ1n) is 16.0. The average Bonchev–Trinajstić information content (AvgIpc) is 3.63. The average molecular weight is 609 g/mol. The Morgan fingerprint density at radius 1 is 0.977 bits per heavy atom. The van der Waals surface area contributed by atoms with Crippen LogP contribution in [-0.4, -0.2) is 53.6 Å². The molecule has 0 saturated heterocycles. The predicted octanol–water partition coefficient (Wildman–Crippen LogP) is 6.43. The van der Waals surface area contributed by atoms with Gasteiger partial charge < -0.3 is 10.2 Å². The van der Waals surface area contributed by atoms with Crippen molar-refractivity contribution in [3.8, 4) is 11.4 Å². The molecule has 2 bridgehead atoms. The minimum absolute atomic E-state index is 0.0411. The maximum atomic E-state index is 14.5. The highest BCUT2D eigenvalue weighted by Gasteiger charge is 2.74. The second kappa shape index (κ2) is 9.71. The number of Topliss-reactive ketones (excluding diaryl/α,β-unsaturated/α-hetero) is 1. The number of hydrogen-bond donors (Lipinski definition) is 3. The monoisotopic (exact) mass is 608 g/mol. The molecule has 2 heterocycles. The molecular formula is C36H40N4O3S. The van der Waals surface area contributed by atoms with Gasteiger partial charge >= 0.3 is 0 Å². The number of carbonyl (C=O) groups is 1. The molecule has 2 aromatic heterocycles. The number of carbonyl (C=O) groups excluding carboxylic acids is 1. The summed E-state index contributed by atoms with van der Waals surface area (Å²) in [6, 6.07) is 13.5. The van der Waals surface area contributed by atoms with E-state index in [2.05, 4.69) is 47.3 Å². The number of aromatic amines is 1. The predicted molar refractivity (Wildman–Crippen MR) is 170 cm³/mol. The summed E-state index contributed by atoms with van der Waals surface area (Å²) in [7, 11) is 0. The molecule has 9 rings (SSSR count). The van der Waals surface area contributed by atoms with Crippen molar-refractivity contribution in [3.63, 3.8) is 0 Å². The number of rotatable bonds is 6. The lowest BCUT2D eigenvalue weighted by Gasteiger charge is -2.71. The van der Waals surface area contributed by atoms with Crippen LogP contribution in [0.15, 0.2) is 83.8 Å². The number of fused-ring (bicyclic) bond motifs is 1. The van der Waals surface area contributed by atoms with Gasteiger partial charge in [-0.25, -0.2) is 4.98 Å². The van der Waals surface area contributed by atoms with Crippen LogP contribution in [0.5, 0.6) is 0 Å². The number of aliphatic hydroxyl groups excluding tert-OH is 1. The molecule has 0 aliphatic heterocycles. The molecule has 8 unspecified atom stereocenters. The van der Waals surface area contributed by atoms with Gasteiger partial charge in [-0.3, -0.25) is 14.9 Å². The lowest BCUT2D eigenvalue weighted by molar-refractivity contribution is -0.166. The molecule has 44 heavy (non-hydrogen) atoms. The summed E-state index contributed by atoms with van der Waals surface area (Å²) in [6.07, 6.45) is 15.9. The maximum absolute atomic E-state index is 14.5. The molecular weight excluding hydrogens is 568 g/mol. The number of H-pyrrole nitrogens is 1. The van der Waals surface area contributed by atoms with E-state index < -0.39 is 11.0 Å². The van der Waals surface area contributed by atoms with Crippen LogP contribution in [0.2, 0.25) is 0 Å². The zero-order valence-corrected chi connectivity index (χ0v) is 26.2. The summed E-state index contributed by atoms with van der Waals surface area (Å²) in [5.41, 5.74) is 0.403. The number of hydrogen-bond acceptors (Lipinski definition) is 7. The van der Waals surface area contributed by atoms with Crippen molar-refractivity contribution in [3.05, 3.63) is 84.2 Å². The number of pyridine rings is 1. The van der Waals surface area contributed by atoms with Crippen LogP contribution in [0, 0.1) is 33.5 Å². The second-order valence-electron chi connectivity index (χ2n) is 14.5. The number of aromatic nitrogens is 4. The van der Waals surface area contributed by atoms with Gasteiger partial charge in [-0.1, -0.05) is 74.2 Å². The van der Waals surface area contributed by atoms with Gasteiger partial charge in [-0.05, 0) is 74.3 Å². The summed E-state index contributed by atoms with van der Waals surface area (Å²) >= 11 is 1.51. The third-order valence-electron chi connectivity index (χ3n) is 12.9. The molecule has 3 N–H and O–H groups in total. The molecule has 3 aromatic rings. The Bertz CT molecular complexity index is 1670. The van der Waals surface area contributed by atoms with Crippen molar-refractivity contribution in [1.29, 1.82) is 0 Å². The third-order valence-corrected chi connectivity index (χ3v) is 13.9. The van der Waals surface area contributed by atoms with E-state index in [0.29, 0.717) is 35.1 Å². The Balaban J connectivity index is 1.16. The minimum atomic E-state index is -0.927. The highest BCUT2D eigenvalue weighted by molar-refractivity contribution is 7.99. The molecule has 3 fully saturated rings. The summed E-state index contributed by atoms with van der Waals surface area (Å²) in [5, 5.41) is 31.6. The second-order valence-corrected chi connectivity index (χ2v) is 15.4. The van der Waals surface area contributed by atoms with Crippen LogP contribution < -0.4 is 0 Å². The lowest BCUT2D eigenvalue weighted by Crippen LogP contribution is -2.67. The number of allylic oxidation sites excluding steroid dienone is 4. The quantitative estimate of drug-likeness (QED) is 0.168. The van der Waals surface area contributed by atoms with E-state index in [4.69, 9.17) is 4.98 Å². The van der Waals surface area contributed by atoms with E-state index in [-0.39, 0.29) is 40.0 Å². The van der Waals surface area contributed by atoms with Gasteiger partial charge in [0.1, 0.15) is 0 Å². The fourth-order valence-electron chi connectivity index (χ4n) is 10.5. The zero-order chi connectivity index (χ0) is 30.4. The van der Waals surface area contributed by atoms with Crippen molar-refractivity contribution in [1.82, 2.24) is 20.2 Å².